The van der Waals surface area contributed by atoms with Crippen LogP contribution in [0.2, 0.25) is 0 Å². The minimum atomic E-state index is -2.47. The van der Waals surface area contributed by atoms with Gasteiger partial charge in [0.2, 0.25) is 0 Å². The van der Waals surface area contributed by atoms with Crippen LogP contribution in [-0.4, -0.2) is 57.4 Å². The molecular formula is C44H56N2O3S. The molecule has 0 radical (unpaired) electrons. The smallest absolute Gasteiger partial charge is 0.139 e. The van der Waals surface area contributed by atoms with Crippen LogP contribution in [0.5, 0.6) is 5.75 Å². The number of quaternary nitrogens is 1. The van der Waals surface area contributed by atoms with Gasteiger partial charge in [-0.05, 0) is 102 Å². The Morgan fingerprint density at radius 1 is 0.620 bits per heavy atom. The quantitative estimate of drug-likeness (QED) is 0.150. The first-order valence-electron chi connectivity index (χ1n) is 18.6. The first-order valence-corrected chi connectivity index (χ1v) is 19.6. The van der Waals surface area contributed by atoms with E-state index in [0.717, 1.165) is 5.56 Å². The standard InChI is InChI=1S/C22H28N.C15H21N.C7H8O3S/c1-18-14-19(2)16-21(15-18)22-8-11-23(12-9-22,13-10-22)17-20-6-4-3-5-7-20;1-12-9-13(2)11-14(10-12)15-3-6-16(7-4-15)8-5-15;1-6-2-4-7(5-3-6)10-11(8)9/h3-7,14-16H,8-13,17H2,1-2H3;9-11H,3-8H2,1-2H3;2-5H,1H3,(H,8,9)/q+1;;/p-1. The van der Waals surface area contributed by atoms with Gasteiger partial charge in [0.1, 0.15) is 23.7 Å². The third-order valence-electron chi connectivity index (χ3n) is 12.1. The summed E-state index contributed by atoms with van der Waals surface area (Å²) in [6.45, 7) is 20.1. The third-order valence-corrected chi connectivity index (χ3v) is 12.5. The Hall–Kier alpha value is -3.29. The van der Waals surface area contributed by atoms with Gasteiger partial charge in [-0.15, -0.1) is 0 Å². The first kappa shape index (κ1) is 36.5. The molecule has 4 aromatic rings. The summed E-state index contributed by atoms with van der Waals surface area (Å²) < 4.78 is 25.8. The Morgan fingerprint density at radius 2 is 1.06 bits per heavy atom. The van der Waals surface area contributed by atoms with E-state index in [1.54, 1.807) is 35.4 Å². The summed E-state index contributed by atoms with van der Waals surface area (Å²) in [5.74, 6) is 0.337. The zero-order chi connectivity index (χ0) is 35.4. The van der Waals surface area contributed by atoms with Crippen molar-refractivity contribution >= 4 is 11.4 Å². The van der Waals surface area contributed by atoms with E-state index in [0.29, 0.717) is 16.6 Å². The van der Waals surface area contributed by atoms with Gasteiger partial charge in [0.25, 0.3) is 0 Å². The van der Waals surface area contributed by atoms with E-state index in [-0.39, 0.29) is 0 Å². The molecule has 6 heterocycles. The second kappa shape index (κ2) is 15.5. The van der Waals surface area contributed by atoms with Gasteiger partial charge in [-0.2, -0.15) is 0 Å². The Labute approximate surface area is 303 Å². The molecule has 266 valence electrons. The summed E-state index contributed by atoms with van der Waals surface area (Å²) >= 11 is -2.47. The average molecular weight is 693 g/mol. The van der Waals surface area contributed by atoms with Crippen LogP contribution in [0.4, 0.5) is 0 Å². The molecule has 0 amide bonds. The number of hydrogen-bond acceptors (Lipinski definition) is 4. The summed E-state index contributed by atoms with van der Waals surface area (Å²) in [7, 11) is 0. The van der Waals surface area contributed by atoms with Crippen molar-refractivity contribution in [1.82, 2.24) is 4.90 Å². The van der Waals surface area contributed by atoms with Crippen LogP contribution in [0.25, 0.3) is 0 Å². The molecule has 0 N–H and O–H groups in total. The molecule has 4 aromatic carbocycles. The van der Waals surface area contributed by atoms with Crippen molar-refractivity contribution in [3.63, 3.8) is 0 Å². The number of benzene rings is 4. The van der Waals surface area contributed by atoms with E-state index in [1.165, 1.54) is 117 Å². The van der Waals surface area contributed by atoms with E-state index < -0.39 is 11.4 Å². The number of piperidine rings is 6. The van der Waals surface area contributed by atoms with Crippen molar-refractivity contribution in [3.8, 4) is 5.75 Å². The molecule has 50 heavy (non-hydrogen) atoms. The molecule has 6 saturated heterocycles. The van der Waals surface area contributed by atoms with Crippen molar-refractivity contribution in [3.05, 3.63) is 136 Å². The third kappa shape index (κ3) is 8.77. The topological polar surface area (TPSA) is 52.6 Å². The fourth-order valence-corrected chi connectivity index (χ4v) is 9.47. The highest BCUT2D eigenvalue weighted by Crippen LogP contribution is 2.47. The molecule has 6 fully saturated rings. The van der Waals surface area contributed by atoms with Crippen molar-refractivity contribution in [2.24, 2.45) is 0 Å². The van der Waals surface area contributed by atoms with Gasteiger partial charge in [0.15, 0.2) is 0 Å². The Balaban J connectivity index is 0.000000139. The van der Waals surface area contributed by atoms with Crippen LogP contribution in [-0.2, 0) is 28.7 Å². The maximum Gasteiger partial charge on any atom is 0.139 e. The van der Waals surface area contributed by atoms with Crippen LogP contribution >= 0.6 is 0 Å². The van der Waals surface area contributed by atoms with Crippen molar-refractivity contribution in [1.29, 1.82) is 0 Å². The Morgan fingerprint density at radius 3 is 1.50 bits per heavy atom. The fourth-order valence-electron chi connectivity index (χ4n) is 9.20. The van der Waals surface area contributed by atoms with E-state index in [2.05, 4.69) is 104 Å². The van der Waals surface area contributed by atoms with Crippen molar-refractivity contribution in [2.75, 3.05) is 39.3 Å². The number of aryl methyl sites for hydroxylation is 5. The lowest BCUT2D eigenvalue weighted by Crippen LogP contribution is -2.62. The molecule has 6 heteroatoms. The first-order chi connectivity index (χ1) is 24.0. The molecule has 5 nitrogen and oxygen atoms in total. The summed E-state index contributed by atoms with van der Waals surface area (Å²) in [4.78, 5) is 2.62. The highest BCUT2D eigenvalue weighted by molar-refractivity contribution is 7.74. The Bertz CT molecular complexity index is 1680. The SMILES string of the molecule is Cc1cc(C)cc(C23CCN(CC2)CC3)c1.Cc1cc(C)cc(C23CC[N+](Cc4ccccc4)(CC2)CC3)c1.Cc1ccc(OS(=O)[O-])cc1. The molecule has 1 atom stereocenters. The predicted octanol–water partition coefficient (Wildman–Crippen LogP) is 8.96. The van der Waals surface area contributed by atoms with Gasteiger partial charge in [-0.3, -0.25) is 0 Å². The lowest BCUT2D eigenvalue weighted by atomic mass is 9.66. The van der Waals surface area contributed by atoms with Gasteiger partial charge in [0.05, 0.1) is 19.6 Å². The lowest BCUT2D eigenvalue weighted by molar-refractivity contribution is -0.955. The molecule has 4 bridgehead atoms. The number of fused-ring (bicyclic) bond motifs is 6. The minimum Gasteiger partial charge on any atom is -0.740 e. The fraction of sp³-hybridized carbons (Fsp3) is 0.455. The molecular weight excluding hydrogens is 637 g/mol. The maximum absolute atomic E-state index is 10.0. The van der Waals surface area contributed by atoms with Crippen LogP contribution in [0.15, 0.2) is 91.0 Å². The lowest BCUT2D eigenvalue weighted by Gasteiger charge is -2.55. The maximum atomic E-state index is 10.0. The Kier molecular flexibility index (Phi) is 11.3. The predicted molar refractivity (Wildman–Crippen MR) is 205 cm³/mol. The van der Waals surface area contributed by atoms with Gasteiger partial charge < -0.3 is 18.1 Å². The number of rotatable bonds is 6. The molecule has 10 rings (SSSR count). The van der Waals surface area contributed by atoms with E-state index >= 15 is 0 Å². The number of hydrogen-bond donors (Lipinski definition) is 0. The van der Waals surface area contributed by atoms with Gasteiger partial charge in [-0.25, -0.2) is 4.21 Å². The number of nitrogens with zero attached hydrogens (tertiary/aromatic N) is 2. The molecule has 6 aliphatic heterocycles. The largest absolute Gasteiger partial charge is 0.740 e. The molecule has 0 spiro atoms. The summed E-state index contributed by atoms with van der Waals surface area (Å²) in [5.41, 5.74) is 12.5. The van der Waals surface area contributed by atoms with Crippen LogP contribution in [0.1, 0.15) is 83.0 Å². The van der Waals surface area contributed by atoms with E-state index in [4.69, 9.17) is 0 Å². The summed E-state index contributed by atoms with van der Waals surface area (Å²) in [6.07, 6.45) is 8.20. The average Bonchev–Trinajstić information content (AvgIpc) is 3.11. The summed E-state index contributed by atoms with van der Waals surface area (Å²) in [6, 6.07) is 32.2. The van der Waals surface area contributed by atoms with Crippen molar-refractivity contribution < 1.29 is 17.4 Å². The second-order valence-corrected chi connectivity index (χ2v) is 16.5. The molecule has 0 aromatic heterocycles. The molecule has 0 aliphatic carbocycles. The molecule has 6 aliphatic rings. The van der Waals surface area contributed by atoms with Crippen LogP contribution in [0, 0.1) is 34.6 Å². The zero-order valence-corrected chi connectivity index (χ0v) is 31.7. The molecule has 1 unspecified atom stereocenters. The minimum absolute atomic E-state index is 0.337. The normalized spacial score (nSPS) is 27.0. The van der Waals surface area contributed by atoms with Gasteiger partial charge in [0, 0.05) is 30.2 Å². The van der Waals surface area contributed by atoms with Crippen LogP contribution in [0.3, 0.4) is 0 Å². The van der Waals surface area contributed by atoms with E-state index in [1.807, 2.05) is 6.92 Å². The summed E-state index contributed by atoms with van der Waals surface area (Å²) in [5, 5.41) is 0. The highest BCUT2D eigenvalue weighted by atomic mass is 32.2. The highest BCUT2D eigenvalue weighted by Gasteiger charge is 2.49. The second-order valence-electron chi connectivity index (χ2n) is 15.9. The zero-order valence-electron chi connectivity index (χ0n) is 30.9. The van der Waals surface area contributed by atoms with Crippen LogP contribution < -0.4 is 4.18 Å². The van der Waals surface area contributed by atoms with Gasteiger partial charge >= 0.3 is 0 Å². The van der Waals surface area contributed by atoms with Crippen molar-refractivity contribution in [2.45, 2.75) is 90.5 Å². The monoisotopic (exact) mass is 692 g/mol. The van der Waals surface area contributed by atoms with Gasteiger partial charge in [-0.1, -0.05) is 107 Å². The van der Waals surface area contributed by atoms with E-state index in [9.17, 15) is 8.76 Å². The molecule has 0 saturated carbocycles.